The van der Waals surface area contributed by atoms with E-state index in [4.69, 9.17) is 0 Å². The fourth-order valence-corrected chi connectivity index (χ4v) is 9.06. The quantitative estimate of drug-likeness (QED) is 0.0580. The molecule has 0 N–H and O–H groups in total. The molecule has 0 radical (unpaired) electrons. The molecule has 0 amide bonds. The van der Waals surface area contributed by atoms with E-state index in [1.54, 1.807) is 52.0 Å². The van der Waals surface area contributed by atoms with Gasteiger partial charge in [-0.15, -0.1) is 0 Å². The molecule has 0 atom stereocenters. The van der Waals surface area contributed by atoms with Gasteiger partial charge in [0.25, 0.3) is 0 Å². The van der Waals surface area contributed by atoms with Crippen LogP contribution in [0.3, 0.4) is 0 Å². The Hall–Kier alpha value is -2.07. The summed E-state index contributed by atoms with van der Waals surface area (Å²) in [5.41, 5.74) is 2.09. The van der Waals surface area contributed by atoms with Crippen LogP contribution in [0, 0.1) is 41.5 Å². The highest BCUT2D eigenvalue weighted by Gasteiger charge is 2.33. The number of carbonyl (C=O) groups is 2. The van der Waals surface area contributed by atoms with E-state index >= 15 is 0 Å². The standard InChI is InChI=1S/C25H54N.C20H23O4P/c1-5-8-11-14-17-20-23-26(4,24-21-18-15-12-9-6-2)25-22-19-16-13-10-7-3;1-11-7-13(3)17(14(4)8-11)19(21)25(23,24)20(22)18-15(5)9-12(2)10-16(18)6/h5-25H2,1-4H3;7-10H,1-6H3,(H,23,24)/q+1;/p-1. The maximum absolute atomic E-state index is 12.7. The van der Waals surface area contributed by atoms with Gasteiger partial charge < -0.3 is 13.9 Å². The first-order valence-electron chi connectivity index (χ1n) is 20.5. The second-order valence-electron chi connectivity index (χ2n) is 15.8. The van der Waals surface area contributed by atoms with Gasteiger partial charge in [-0.1, -0.05) is 133 Å². The van der Waals surface area contributed by atoms with Crippen molar-refractivity contribution in [2.45, 2.75) is 178 Å². The fraction of sp³-hybridized carbons (Fsp3) is 0.689. The summed E-state index contributed by atoms with van der Waals surface area (Å²) in [6, 6.07) is 6.97. The van der Waals surface area contributed by atoms with Crippen LogP contribution in [0.4, 0.5) is 0 Å². The van der Waals surface area contributed by atoms with Gasteiger partial charge in [-0.05, 0) is 102 Å². The van der Waals surface area contributed by atoms with Gasteiger partial charge in [-0.25, -0.2) is 0 Å². The average molecular weight is 726 g/mol. The minimum absolute atomic E-state index is 0.0969. The monoisotopic (exact) mass is 726 g/mol. The van der Waals surface area contributed by atoms with E-state index in [2.05, 4.69) is 27.8 Å². The van der Waals surface area contributed by atoms with Gasteiger partial charge in [-0.2, -0.15) is 0 Å². The minimum Gasteiger partial charge on any atom is -0.788 e. The number of hydrogen-bond acceptors (Lipinski definition) is 4. The normalized spacial score (nSPS) is 11.7. The number of quaternary nitrogens is 1. The summed E-state index contributed by atoms with van der Waals surface area (Å²) in [5.74, 6) is 0. The summed E-state index contributed by atoms with van der Waals surface area (Å²) in [6.07, 6.45) is 25.9. The lowest BCUT2D eigenvalue weighted by atomic mass is 10.0. The number of unbranched alkanes of at least 4 members (excludes halogenated alkanes) is 15. The first kappa shape index (κ1) is 47.0. The minimum atomic E-state index is -4.98. The topological polar surface area (TPSA) is 74.3 Å². The molecule has 5 nitrogen and oxygen atoms in total. The highest BCUT2D eigenvalue weighted by molar-refractivity contribution is 7.89. The van der Waals surface area contributed by atoms with E-state index in [0.29, 0.717) is 22.3 Å². The number of nitrogens with zero attached hydrogens (tertiary/aromatic N) is 1. The smallest absolute Gasteiger partial charge is 0.215 e. The van der Waals surface area contributed by atoms with Gasteiger partial charge in [0.1, 0.15) is 0 Å². The molecule has 0 fully saturated rings. The molecular weight excluding hydrogens is 649 g/mol. The van der Waals surface area contributed by atoms with Crippen molar-refractivity contribution in [1.82, 2.24) is 0 Å². The number of carbonyl (C=O) groups excluding carboxylic acids is 2. The summed E-state index contributed by atoms with van der Waals surface area (Å²) >= 11 is 0. The third-order valence-electron chi connectivity index (χ3n) is 10.5. The van der Waals surface area contributed by atoms with Crippen LogP contribution in [-0.2, 0) is 4.57 Å². The van der Waals surface area contributed by atoms with Crippen LogP contribution in [0.2, 0.25) is 0 Å². The van der Waals surface area contributed by atoms with Crippen LogP contribution in [0.15, 0.2) is 24.3 Å². The zero-order chi connectivity index (χ0) is 38.5. The number of rotatable bonds is 25. The summed E-state index contributed by atoms with van der Waals surface area (Å²) < 4.78 is 14.1. The lowest BCUT2D eigenvalue weighted by molar-refractivity contribution is -0.910. The Morgan fingerprint density at radius 1 is 0.490 bits per heavy atom. The maximum Gasteiger partial charge on any atom is 0.215 e. The number of aryl methyl sites for hydroxylation is 6. The Balaban J connectivity index is 0.000000510. The SMILES string of the molecule is CCCCCCCC[N+](C)(CCCCCCCC)CCCCCCCC.Cc1cc(C)c(C(=O)P(=O)([O-])C(=O)c2c(C)cc(C)cc2C)c(C)c1. The van der Waals surface area contributed by atoms with E-state index in [0.717, 1.165) is 11.1 Å². The van der Waals surface area contributed by atoms with Crippen molar-refractivity contribution in [3.8, 4) is 0 Å². The molecular formula is C45H76NO4P. The third kappa shape index (κ3) is 17.1. The lowest BCUT2D eigenvalue weighted by Crippen LogP contribution is -2.46. The van der Waals surface area contributed by atoms with E-state index in [1.807, 2.05) is 13.8 Å². The van der Waals surface area contributed by atoms with Crippen molar-refractivity contribution in [2.24, 2.45) is 0 Å². The highest BCUT2D eigenvalue weighted by atomic mass is 31.2. The van der Waals surface area contributed by atoms with E-state index in [1.165, 1.54) is 140 Å². The Morgan fingerprint density at radius 3 is 0.980 bits per heavy atom. The molecule has 0 aliphatic rings. The predicted octanol–water partition coefficient (Wildman–Crippen LogP) is 12.7. The molecule has 0 saturated carbocycles. The van der Waals surface area contributed by atoms with Gasteiger partial charge in [0.05, 0.1) is 26.7 Å². The fourth-order valence-electron chi connectivity index (χ4n) is 7.58. The number of benzene rings is 2. The molecule has 2 aromatic carbocycles. The summed E-state index contributed by atoms with van der Waals surface area (Å²) in [6.45, 7) is 21.7. The summed E-state index contributed by atoms with van der Waals surface area (Å²) in [4.78, 5) is 38.2. The molecule has 0 bridgehead atoms. The van der Waals surface area contributed by atoms with Crippen LogP contribution in [0.1, 0.15) is 190 Å². The zero-order valence-corrected chi connectivity index (χ0v) is 35.6. The van der Waals surface area contributed by atoms with Gasteiger partial charge in [-0.3, -0.25) is 9.59 Å². The number of hydrogen-bond donors (Lipinski definition) is 0. The van der Waals surface area contributed by atoms with Crippen LogP contribution in [0.25, 0.3) is 0 Å². The largest absolute Gasteiger partial charge is 0.788 e. The van der Waals surface area contributed by atoms with Gasteiger partial charge in [0, 0.05) is 11.1 Å². The molecule has 0 aliphatic carbocycles. The molecule has 0 aliphatic heterocycles. The second-order valence-corrected chi connectivity index (χ2v) is 17.7. The van der Waals surface area contributed by atoms with E-state index in [-0.39, 0.29) is 11.1 Å². The van der Waals surface area contributed by atoms with E-state index in [9.17, 15) is 19.0 Å². The molecule has 0 aromatic heterocycles. The molecule has 51 heavy (non-hydrogen) atoms. The van der Waals surface area contributed by atoms with Crippen molar-refractivity contribution >= 4 is 18.4 Å². The first-order chi connectivity index (χ1) is 24.1. The molecule has 2 rings (SSSR count). The van der Waals surface area contributed by atoms with Crippen molar-refractivity contribution in [1.29, 1.82) is 0 Å². The van der Waals surface area contributed by atoms with Crippen LogP contribution in [0.5, 0.6) is 0 Å². The molecule has 6 heteroatoms. The molecule has 0 saturated heterocycles. The van der Waals surface area contributed by atoms with Crippen molar-refractivity contribution in [3.63, 3.8) is 0 Å². The second kappa shape index (κ2) is 25.0. The lowest BCUT2D eigenvalue weighted by Gasteiger charge is -2.35. The van der Waals surface area contributed by atoms with Crippen molar-refractivity contribution < 1.29 is 23.5 Å². The van der Waals surface area contributed by atoms with Crippen molar-refractivity contribution in [3.05, 3.63) is 68.8 Å². The van der Waals surface area contributed by atoms with Crippen molar-refractivity contribution in [2.75, 3.05) is 26.7 Å². The zero-order valence-electron chi connectivity index (χ0n) is 34.7. The van der Waals surface area contributed by atoms with Gasteiger partial charge in [0.2, 0.25) is 11.0 Å². The Morgan fingerprint density at radius 2 is 0.725 bits per heavy atom. The van der Waals surface area contributed by atoms with Crippen LogP contribution < -0.4 is 4.89 Å². The molecule has 0 heterocycles. The van der Waals surface area contributed by atoms with Gasteiger partial charge >= 0.3 is 0 Å². The third-order valence-corrected chi connectivity index (χ3v) is 12.0. The maximum atomic E-state index is 12.7. The van der Waals surface area contributed by atoms with Crippen LogP contribution in [-0.4, -0.2) is 42.2 Å². The molecule has 0 unspecified atom stereocenters. The van der Waals surface area contributed by atoms with Crippen LogP contribution >= 0.6 is 7.37 Å². The summed E-state index contributed by atoms with van der Waals surface area (Å²) in [5, 5.41) is 0. The Labute approximate surface area is 314 Å². The average Bonchev–Trinajstić information content (AvgIpc) is 3.05. The Bertz CT molecular complexity index is 1220. The van der Waals surface area contributed by atoms with E-state index < -0.39 is 18.4 Å². The first-order valence-corrected chi connectivity index (χ1v) is 22.2. The van der Waals surface area contributed by atoms with Gasteiger partial charge in [0.15, 0.2) is 7.37 Å². The molecule has 2 aromatic rings. The predicted molar refractivity (Wildman–Crippen MR) is 218 cm³/mol. The molecule has 290 valence electrons. The Kier molecular flexibility index (Phi) is 23.1. The highest BCUT2D eigenvalue weighted by Crippen LogP contribution is 2.46. The molecule has 0 spiro atoms. The summed E-state index contributed by atoms with van der Waals surface area (Å²) in [7, 11) is -2.42.